The number of piperidine rings is 1. The summed E-state index contributed by atoms with van der Waals surface area (Å²) in [4.78, 5) is 40.5. The van der Waals surface area contributed by atoms with Crippen molar-refractivity contribution in [2.75, 3.05) is 18.4 Å². The van der Waals surface area contributed by atoms with Gasteiger partial charge >= 0.3 is 6.03 Å². The molecular formula is C27H27FN4O3. The largest absolute Gasteiger partial charge is 0.326 e. The predicted octanol–water partition coefficient (Wildman–Crippen LogP) is 3.37. The van der Waals surface area contributed by atoms with Crippen molar-refractivity contribution in [1.29, 1.82) is 0 Å². The van der Waals surface area contributed by atoms with Crippen LogP contribution in [0.4, 0.5) is 14.9 Å². The van der Waals surface area contributed by atoms with Crippen LogP contribution in [0.15, 0.2) is 77.6 Å². The molecule has 180 valence electrons. The number of hydrogen-bond acceptors (Lipinski definition) is 3. The third kappa shape index (κ3) is 4.96. The summed E-state index contributed by atoms with van der Waals surface area (Å²) in [6, 6.07) is 19.4. The maximum Gasteiger partial charge on any atom is 0.318 e. The van der Waals surface area contributed by atoms with E-state index in [-0.39, 0.29) is 35.5 Å². The zero-order valence-corrected chi connectivity index (χ0v) is 19.2. The molecule has 1 saturated heterocycles. The van der Waals surface area contributed by atoms with E-state index in [4.69, 9.17) is 0 Å². The van der Waals surface area contributed by atoms with E-state index in [9.17, 15) is 18.8 Å². The van der Waals surface area contributed by atoms with Gasteiger partial charge in [0.25, 0.3) is 5.56 Å². The molecule has 3 atom stereocenters. The molecule has 3 aromatic rings. The van der Waals surface area contributed by atoms with Gasteiger partial charge in [-0.15, -0.1) is 0 Å². The summed E-state index contributed by atoms with van der Waals surface area (Å²) in [6.45, 7) is 1.56. The lowest BCUT2D eigenvalue weighted by molar-refractivity contribution is -0.118. The smallest absolute Gasteiger partial charge is 0.318 e. The third-order valence-corrected chi connectivity index (χ3v) is 6.80. The molecule has 3 heterocycles. The minimum atomic E-state index is -0.888. The van der Waals surface area contributed by atoms with Gasteiger partial charge in [-0.2, -0.15) is 0 Å². The van der Waals surface area contributed by atoms with Crippen molar-refractivity contribution in [3.05, 3.63) is 100 Å². The molecule has 8 heteroatoms. The number of nitrogens with one attached hydrogen (secondary N) is 2. The van der Waals surface area contributed by atoms with Gasteiger partial charge in [0, 0.05) is 43.7 Å². The lowest BCUT2D eigenvalue weighted by atomic mass is 9.83. The van der Waals surface area contributed by atoms with Crippen molar-refractivity contribution in [2.45, 2.75) is 31.3 Å². The Hall–Kier alpha value is -3.94. The molecule has 0 aliphatic carbocycles. The number of carbonyl (C=O) groups is 2. The van der Waals surface area contributed by atoms with Gasteiger partial charge in [-0.25, -0.2) is 9.18 Å². The number of hydrogen-bond donors (Lipinski definition) is 2. The highest BCUT2D eigenvalue weighted by Crippen LogP contribution is 2.34. The number of likely N-dealkylation sites (tertiary alicyclic amines) is 1. The van der Waals surface area contributed by atoms with Gasteiger partial charge in [-0.05, 0) is 36.1 Å². The van der Waals surface area contributed by atoms with Crippen molar-refractivity contribution in [3.63, 3.8) is 0 Å². The Morgan fingerprint density at radius 3 is 2.51 bits per heavy atom. The molecule has 0 spiro atoms. The summed E-state index contributed by atoms with van der Waals surface area (Å²) in [5.41, 5.74) is 1.89. The Kier molecular flexibility index (Phi) is 6.35. The first kappa shape index (κ1) is 22.8. The molecule has 2 aromatic carbocycles. The standard InChI is InChI=1S/C27H27FN4O3/c28-21-9-4-5-10-22(21)29-26(34)23(14-18-7-2-1-3-8-18)30-27(35)31-15-19-13-20(17-31)24-11-6-12-25(33)32(24)16-19/h1-12,19-20,23H,13-17H2,(H,29,34)(H,30,35)/t19-,20+,23+/m1/s1. The molecule has 35 heavy (non-hydrogen) atoms. The molecule has 1 fully saturated rings. The zero-order chi connectivity index (χ0) is 24.4. The summed E-state index contributed by atoms with van der Waals surface area (Å²) in [6.07, 6.45) is 1.19. The van der Waals surface area contributed by atoms with Gasteiger partial charge in [0.2, 0.25) is 5.91 Å². The van der Waals surface area contributed by atoms with E-state index in [0.717, 1.165) is 17.7 Å². The Balaban J connectivity index is 1.33. The van der Waals surface area contributed by atoms with Gasteiger partial charge in [0.1, 0.15) is 11.9 Å². The van der Waals surface area contributed by atoms with Crippen LogP contribution in [0, 0.1) is 11.7 Å². The second-order valence-electron chi connectivity index (χ2n) is 9.26. The SMILES string of the molecule is O=C(Nc1ccccc1F)[C@H](Cc1ccccc1)NC(=O)N1C[C@H]2C[C@@H](C1)c1cccc(=O)n1C2. The van der Waals surface area contributed by atoms with Gasteiger partial charge < -0.3 is 20.1 Å². The first-order chi connectivity index (χ1) is 17.0. The van der Waals surface area contributed by atoms with Crippen LogP contribution in [0.3, 0.4) is 0 Å². The lowest BCUT2D eigenvalue weighted by Gasteiger charge is -2.43. The molecule has 3 amide bonds. The fraction of sp³-hybridized carbons (Fsp3) is 0.296. The van der Waals surface area contributed by atoms with Crippen molar-refractivity contribution in [1.82, 2.24) is 14.8 Å². The fourth-order valence-electron chi connectivity index (χ4n) is 5.14. The molecule has 0 unspecified atom stereocenters. The summed E-state index contributed by atoms with van der Waals surface area (Å²) < 4.78 is 16.0. The van der Waals surface area contributed by atoms with Gasteiger partial charge in [0.05, 0.1) is 5.69 Å². The quantitative estimate of drug-likeness (QED) is 0.595. The predicted molar refractivity (Wildman–Crippen MR) is 131 cm³/mol. The van der Waals surface area contributed by atoms with Gasteiger partial charge in [-0.3, -0.25) is 9.59 Å². The minimum absolute atomic E-state index is 0.0113. The normalized spacial score (nSPS) is 19.4. The first-order valence-electron chi connectivity index (χ1n) is 11.8. The van der Waals surface area contributed by atoms with Crippen LogP contribution in [-0.4, -0.2) is 40.5 Å². The van der Waals surface area contributed by atoms with E-state index in [0.29, 0.717) is 19.6 Å². The number of halogens is 1. The average Bonchev–Trinajstić information content (AvgIpc) is 2.86. The van der Waals surface area contributed by atoms with Gasteiger partial charge in [0.15, 0.2) is 0 Å². The highest BCUT2D eigenvalue weighted by atomic mass is 19.1. The molecule has 2 N–H and O–H groups in total. The Bertz CT molecular complexity index is 1290. The Morgan fingerprint density at radius 1 is 0.943 bits per heavy atom. The first-order valence-corrected chi connectivity index (χ1v) is 11.8. The number of carbonyl (C=O) groups excluding carboxylic acids is 2. The van der Waals surface area contributed by atoms with Crippen LogP contribution in [-0.2, 0) is 17.8 Å². The van der Waals surface area contributed by atoms with Crippen molar-refractivity contribution in [3.8, 4) is 0 Å². The maximum absolute atomic E-state index is 14.1. The number of para-hydroxylation sites is 1. The monoisotopic (exact) mass is 474 g/mol. The maximum atomic E-state index is 14.1. The second-order valence-corrected chi connectivity index (χ2v) is 9.26. The molecule has 2 bridgehead atoms. The van der Waals surface area contributed by atoms with Gasteiger partial charge in [-0.1, -0.05) is 48.5 Å². The second kappa shape index (κ2) is 9.74. The molecule has 0 radical (unpaired) electrons. The number of urea groups is 1. The summed E-state index contributed by atoms with van der Waals surface area (Å²) in [5.74, 6) is -0.779. The van der Waals surface area contributed by atoms with E-state index in [1.165, 1.54) is 12.1 Å². The number of anilines is 1. The third-order valence-electron chi connectivity index (χ3n) is 6.80. The minimum Gasteiger partial charge on any atom is -0.326 e. The van der Waals surface area contributed by atoms with Crippen molar-refractivity contribution in [2.24, 2.45) is 5.92 Å². The number of aromatic nitrogens is 1. The van der Waals surface area contributed by atoms with Crippen LogP contribution in [0.1, 0.15) is 23.6 Å². The van der Waals surface area contributed by atoms with Crippen LogP contribution in [0.5, 0.6) is 0 Å². The summed E-state index contributed by atoms with van der Waals surface area (Å²) >= 11 is 0. The van der Waals surface area contributed by atoms with E-state index in [1.807, 2.05) is 41.0 Å². The highest BCUT2D eigenvalue weighted by molar-refractivity contribution is 5.97. The number of rotatable bonds is 5. The van der Waals surface area contributed by atoms with Crippen LogP contribution < -0.4 is 16.2 Å². The Labute approximate surface area is 202 Å². The number of amides is 3. The fourth-order valence-corrected chi connectivity index (χ4v) is 5.14. The van der Waals surface area contributed by atoms with Crippen LogP contribution in [0.2, 0.25) is 0 Å². The Morgan fingerprint density at radius 2 is 1.71 bits per heavy atom. The molecule has 5 rings (SSSR count). The summed E-state index contributed by atoms with van der Waals surface area (Å²) in [7, 11) is 0. The van der Waals surface area contributed by atoms with E-state index in [2.05, 4.69) is 10.6 Å². The molecule has 0 saturated carbocycles. The van der Waals surface area contributed by atoms with Crippen molar-refractivity contribution >= 4 is 17.6 Å². The van der Waals surface area contributed by atoms with Crippen LogP contribution >= 0.6 is 0 Å². The molecule has 2 aliphatic rings. The number of fused-ring (bicyclic) bond motifs is 4. The number of nitrogens with zero attached hydrogens (tertiary/aromatic N) is 2. The summed E-state index contributed by atoms with van der Waals surface area (Å²) in [5, 5.41) is 5.50. The van der Waals surface area contributed by atoms with E-state index in [1.54, 1.807) is 29.2 Å². The zero-order valence-electron chi connectivity index (χ0n) is 19.2. The van der Waals surface area contributed by atoms with Crippen LogP contribution in [0.25, 0.3) is 0 Å². The number of benzene rings is 2. The molecule has 1 aromatic heterocycles. The molecular weight excluding hydrogens is 447 g/mol. The van der Waals surface area contributed by atoms with E-state index >= 15 is 0 Å². The topological polar surface area (TPSA) is 83.4 Å². The molecule has 7 nitrogen and oxygen atoms in total. The van der Waals surface area contributed by atoms with E-state index < -0.39 is 17.8 Å². The average molecular weight is 475 g/mol. The lowest BCUT2D eigenvalue weighted by Crippen LogP contribution is -2.55. The number of pyridine rings is 1. The molecule has 2 aliphatic heterocycles. The highest BCUT2D eigenvalue weighted by Gasteiger charge is 2.37. The van der Waals surface area contributed by atoms with Crippen molar-refractivity contribution < 1.29 is 14.0 Å².